The summed E-state index contributed by atoms with van der Waals surface area (Å²) in [6, 6.07) is -0.721. The second-order valence-corrected chi connectivity index (χ2v) is 5.62. The highest BCUT2D eigenvalue weighted by molar-refractivity contribution is 14.1. The molecule has 120 valence electrons. The van der Waals surface area contributed by atoms with Gasteiger partial charge in [0.25, 0.3) is 5.56 Å². The Hall–Kier alpha value is -1.40. The van der Waals surface area contributed by atoms with Crippen LogP contribution in [0.3, 0.4) is 0 Å². The van der Waals surface area contributed by atoms with Crippen molar-refractivity contribution in [1.82, 2.24) is 9.55 Å². The van der Waals surface area contributed by atoms with Gasteiger partial charge in [0.1, 0.15) is 12.3 Å². The first kappa shape index (κ1) is 17.0. The number of alkyl halides is 1. The first-order valence-electron chi connectivity index (χ1n) is 6.41. The van der Waals surface area contributed by atoms with Crippen LogP contribution in [0.25, 0.3) is 10.4 Å². The molecule has 0 radical (unpaired) electrons. The second kappa shape index (κ2) is 7.24. The van der Waals surface area contributed by atoms with Crippen molar-refractivity contribution in [3.63, 3.8) is 0 Å². The molecule has 3 N–H and O–H groups in total. The molecule has 1 saturated heterocycles. The summed E-state index contributed by atoms with van der Waals surface area (Å²) in [5.41, 5.74) is 7.35. The Labute approximate surface area is 137 Å². The Morgan fingerprint density at radius 2 is 2.36 bits per heavy atom. The standard InChI is InChI=1S/C11H14IN5O5/c12-2-6(15-16-13)5-3-17(11(21)14-10(5)20)9-1-7(19)8(4-18)22-9/h3,6-9,18-19H,1-2,4H2,(H,14,20,21)/t6-,7-,8+,9+/m0/s1. The zero-order valence-corrected chi connectivity index (χ0v) is 13.5. The minimum absolute atomic E-state index is 0.104. The number of aromatic nitrogens is 2. The van der Waals surface area contributed by atoms with Crippen molar-refractivity contribution >= 4 is 22.6 Å². The third-order valence-electron chi connectivity index (χ3n) is 3.39. The van der Waals surface area contributed by atoms with Crippen LogP contribution >= 0.6 is 22.6 Å². The molecule has 0 saturated carbocycles. The van der Waals surface area contributed by atoms with Crippen molar-refractivity contribution in [2.45, 2.75) is 30.9 Å². The van der Waals surface area contributed by atoms with Crippen molar-refractivity contribution in [1.29, 1.82) is 0 Å². The summed E-state index contributed by atoms with van der Waals surface area (Å²) in [7, 11) is 0. The Kier molecular flexibility index (Phi) is 5.58. The number of hydrogen-bond donors (Lipinski definition) is 3. The maximum atomic E-state index is 11.9. The number of azide groups is 1. The summed E-state index contributed by atoms with van der Waals surface area (Å²) in [5, 5.41) is 22.3. The van der Waals surface area contributed by atoms with Gasteiger partial charge in [0, 0.05) is 27.5 Å². The van der Waals surface area contributed by atoms with Gasteiger partial charge >= 0.3 is 5.69 Å². The van der Waals surface area contributed by atoms with E-state index in [0.717, 1.165) is 4.57 Å². The van der Waals surface area contributed by atoms with Crippen LogP contribution in [0, 0.1) is 0 Å². The predicted molar refractivity (Wildman–Crippen MR) is 83.7 cm³/mol. The molecule has 0 unspecified atom stereocenters. The molecular weight excluding hydrogens is 409 g/mol. The topological polar surface area (TPSA) is 153 Å². The maximum Gasteiger partial charge on any atom is 0.330 e. The number of hydrogen-bond acceptors (Lipinski definition) is 6. The number of rotatable bonds is 5. The smallest absolute Gasteiger partial charge is 0.330 e. The molecule has 1 aliphatic rings. The average molecular weight is 423 g/mol. The summed E-state index contributed by atoms with van der Waals surface area (Å²) in [6.45, 7) is -0.377. The number of nitrogens with one attached hydrogen (secondary N) is 1. The van der Waals surface area contributed by atoms with Crippen LogP contribution in [0.2, 0.25) is 0 Å². The molecule has 22 heavy (non-hydrogen) atoms. The molecule has 0 aromatic carbocycles. The molecule has 1 aromatic rings. The molecule has 2 rings (SSSR count). The molecule has 1 fully saturated rings. The fourth-order valence-corrected chi connectivity index (χ4v) is 2.89. The van der Waals surface area contributed by atoms with Gasteiger partial charge in [-0.3, -0.25) is 14.3 Å². The number of aliphatic hydroxyl groups is 2. The molecule has 1 aliphatic heterocycles. The normalized spacial score (nSPS) is 25.7. The van der Waals surface area contributed by atoms with E-state index in [1.165, 1.54) is 6.20 Å². The number of aliphatic hydroxyl groups excluding tert-OH is 2. The number of H-pyrrole nitrogens is 1. The van der Waals surface area contributed by atoms with Crippen molar-refractivity contribution in [2.75, 3.05) is 11.0 Å². The van der Waals surface area contributed by atoms with Crippen molar-refractivity contribution in [2.24, 2.45) is 5.11 Å². The first-order chi connectivity index (χ1) is 10.5. The molecule has 1 aromatic heterocycles. The summed E-state index contributed by atoms with van der Waals surface area (Å²) >= 11 is 1.96. The van der Waals surface area contributed by atoms with Crippen molar-refractivity contribution in [3.8, 4) is 0 Å². The molecule has 0 aliphatic carbocycles. The molecule has 4 atom stereocenters. The van der Waals surface area contributed by atoms with E-state index in [-0.39, 0.29) is 18.6 Å². The van der Waals surface area contributed by atoms with Gasteiger partial charge in [-0.05, 0) is 5.53 Å². The monoisotopic (exact) mass is 423 g/mol. The zero-order chi connectivity index (χ0) is 16.3. The molecule has 10 nitrogen and oxygen atoms in total. The van der Waals surface area contributed by atoms with Gasteiger partial charge in [-0.25, -0.2) is 4.79 Å². The van der Waals surface area contributed by atoms with Crippen LogP contribution in [0.4, 0.5) is 0 Å². The fourth-order valence-electron chi connectivity index (χ4n) is 2.24. The number of nitrogens with zero attached hydrogens (tertiary/aromatic N) is 4. The Balaban J connectivity index is 2.43. The van der Waals surface area contributed by atoms with Crippen LogP contribution in [-0.4, -0.2) is 43.0 Å². The van der Waals surface area contributed by atoms with E-state index in [1.807, 2.05) is 22.6 Å². The van der Waals surface area contributed by atoms with E-state index in [4.69, 9.17) is 15.4 Å². The Bertz CT molecular complexity index is 697. The van der Waals surface area contributed by atoms with E-state index < -0.39 is 35.7 Å². The fraction of sp³-hybridized carbons (Fsp3) is 0.636. The van der Waals surface area contributed by atoms with Gasteiger partial charge in [-0.15, -0.1) is 0 Å². The highest BCUT2D eigenvalue weighted by Crippen LogP contribution is 2.28. The Morgan fingerprint density at radius 1 is 1.64 bits per heavy atom. The Morgan fingerprint density at radius 3 is 2.91 bits per heavy atom. The van der Waals surface area contributed by atoms with Crippen LogP contribution < -0.4 is 11.2 Å². The molecule has 0 bridgehead atoms. The van der Waals surface area contributed by atoms with E-state index in [1.54, 1.807) is 0 Å². The number of aromatic amines is 1. The molecule has 0 spiro atoms. The lowest BCUT2D eigenvalue weighted by atomic mass is 10.1. The SMILES string of the molecule is [N-]=[N+]=N[C@@H](CI)c1cn([C@H]2C[C@H](O)[C@@H](CO)O2)c(=O)[nH]c1=O. The van der Waals surface area contributed by atoms with Gasteiger partial charge < -0.3 is 14.9 Å². The molecule has 0 amide bonds. The van der Waals surface area contributed by atoms with Crippen LogP contribution in [0.15, 0.2) is 20.9 Å². The van der Waals surface area contributed by atoms with E-state index in [9.17, 15) is 14.7 Å². The van der Waals surface area contributed by atoms with Crippen LogP contribution in [0.1, 0.15) is 24.3 Å². The van der Waals surface area contributed by atoms with Crippen LogP contribution in [-0.2, 0) is 4.74 Å². The van der Waals surface area contributed by atoms with E-state index >= 15 is 0 Å². The highest BCUT2D eigenvalue weighted by Gasteiger charge is 2.35. The maximum absolute atomic E-state index is 11.9. The average Bonchev–Trinajstić information content (AvgIpc) is 2.86. The predicted octanol–water partition coefficient (Wildman–Crippen LogP) is -0.0363. The first-order valence-corrected chi connectivity index (χ1v) is 7.94. The van der Waals surface area contributed by atoms with Crippen molar-refractivity contribution in [3.05, 3.63) is 43.0 Å². The van der Waals surface area contributed by atoms with Gasteiger partial charge in [0.2, 0.25) is 0 Å². The minimum Gasteiger partial charge on any atom is -0.394 e. The van der Waals surface area contributed by atoms with Crippen molar-refractivity contribution < 1.29 is 14.9 Å². The van der Waals surface area contributed by atoms with Gasteiger partial charge in [0.15, 0.2) is 0 Å². The number of ether oxygens (including phenoxy) is 1. The summed E-state index contributed by atoms with van der Waals surface area (Å²) in [4.78, 5) is 28.6. The molecule has 11 heteroatoms. The second-order valence-electron chi connectivity index (χ2n) is 4.74. The molecule has 2 heterocycles. The third kappa shape index (κ3) is 3.33. The summed E-state index contributed by atoms with van der Waals surface area (Å²) in [5.74, 6) is 0. The minimum atomic E-state index is -0.908. The largest absolute Gasteiger partial charge is 0.394 e. The quantitative estimate of drug-likeness (QED) is 0.200. The van der Waals surface area contributed by atoms with Gasteiger partial charge in [0.05, 0.1) is 18.8 Å². The summed E-state index contributed by atoms with van der Waals surface area (Å²) < 4.78 is 6.88. The third-order valence-corrected chi connectivity index (χ3v) is 4.22. The highest BCUT2D eigenvalue weighted by atomic mass is 127. The lowest BCUT2D eigenvalue weighted by molar-refractivity contribution is -0.0460. The van der Waals surface area contributed by atoms with Crippen LogP contribution in [0.5, 0.6) is 0 Å². The van der Waals surface area contributed by atoms with E-state index in [0.29, 0.717) is 4.43 Å². The lowest BCUT2D eigenvalue weighted by Gasteiger charge is -2.16. The number of halogens is 1. The van der Waals surface area contributed by atoms with Gasteiger partial charge in [-0.1, -0.05) is 27.7 Å². The van der Waals surface area contributed by atoms with E-state index in [2.05, 4.69) is 15.0 Å². The van der Waals surface area contributed by atoms with Gasteiger partial charge in [-0.2, -0.15) is 0 Å². The summed E-state index contributed by atoms with van der Waals surface area (Å²) in [6.07, 6.45) is -1.13. The zero-order valence-electron chi connectivity index (χ0n) is 11.3. The molecular formula is C11H14IN5O5. The lowest BCUT2D eigenvalue weighted by Crippen LogP contribution is -2.35.